The zero-order valence-corrected chi connectivity index (χ0v) is 24.2. The molecular formula is C32H51NO5. The number of aliphatic hydroxyl groups is 3. The van der Waals surface area contributed by atoms with Gasteiger partial charge in [0.25, 0.3) is 0 Å². The van der Waals surface area contributed by atoms with E-state index in [0.717, 1.165) is 42.9 Å². The number of aliphatic hydroxyl groups excluding tert-OH is 3. The Morgan fingerprint density at radius 3 is 2.53 bits per heavy atom. The molecule has 0 aromatic rings. The Labute approximate surface area is 229 Å². The lowest BCUT2D eigenvalue weighted by molar-refractivity contribution is -0.305. The number of aliphatic imine (C=N–C) groups is 1. The fraction of sp³-hybridized carbons (Fsp3) is 0.906. The molecule has 0 aromatic heterocycles. The largest absolute Gasteiger partial charge is 0.388 e. The van der Waals surface area contributed by atoms with Gasteiger partial charge >= 0.3 is 0 Å². The van der Waals surface area contributed by atoms with Gasteiger partial charge in [0.2, 0.25) is 0 Å². The standard InChI is InChI=1S/C32H51NO5/c1-17-6-11-26(33-17)18(2)23-9-10-24-22-8-7-20-16-21(38-30-29(36)28(35)27(34)19(3)37-30)12-14-31(20,4)25(22)13-15-32(23,24)5/h7,18-19,21-30,34-36H,6,8-16H2,1-5H3. The predicted octanol–water partition coefficient (Wildman–Crippen LogP) is 5.04. The van der Waals surface area contributed by atoms with Crippen LogP contribution in [0.5, 0.6) is 0 Å². The van der Waals surface area contributed by atoms with E-state index in [1.54, 1.807) is 6.92 Å². The molecule has 6 aliphatic rings. The lowest BCUT2D eigenvalue weighted by Gasteiger charge is -2.58. The molecule has 214 valence electrons. The summed E-state index contributed by atoms with van der Waals surface area (Å²) in [6.45, 7) is 11.6. The highest BCUT2D eigenvalue weighted by Crippen LogP contribution is 2.67. The summed E-state index contributed by atoms with van der Waals surface area (Å²) in [6.07, 6.45) is 9.51. The van der Waals surface area contributed by atoms with Gasteiger partial charge in [0.05, 0.1) is 18.2 Å². The van der Waals surface area contributed by atoms with Crippen molar-refractivity contribution in [1.29, 1.82) is 0 Å². The molecule has 14 atom stereocenters. The van der Waals surface area contributed by atoms with Crippen molar-refractivity contribution in [3.8, 4) is 0 Å². The van der Waals surface area contributed by atoms with E-state index in [1.165, 1.54) is 56.2 Å². The average molecular weight is 530 g/mol. The number of hydrogen-bond acceptors (Lipinski definition) is 6. The molecule has 0 radical (unpaired) electrons. The summed E-state index contributed by atoms with van der Waals surface area (Å²) in [5.41, 5.74) is 3.58. The monoisotopic (exact) mass is 529 g/mol. The first-order valence-corrected chi connectivity index (χ1v) is 15.6. The molecule has 6 nitrogen and oxygen atoms in total. The van der Waals surface area contributed by atoms with Gasteiger partial charge in [-0.3, -0.25) is 4.99 Å². The Balaban J connectivity index is 1.15. The summed E-state index contributed by atoms with van der Waals surface area (Å²) < 4.78 is 12.0. The van der Waals surface area contributed by atoms with Gasteiger partial charge in [-0.15, -0.1) is 0 Å². The molecular weight excluding hydrogens is 478 g/mol. The van der Waals surface area contributed by atoms with Gasteiger partial charge in [-0.05, 0) is 118 Å². The molecule has 14 unspecified atom stereocenters. The molecule has 0 aromatic carbocycles. The van der Waals surface area contributed by atoms with Gasteiger partial charge in [-0.1, -0.05) is 32.4 Å². The van der Waals surface area contributed by atoms with Crippen molar-refractivity contribution in [2.24, 2.45) is 45.4 Å². The van der Waals surface area contributed by atoms with Gasteiger partial charge in [-0.25, -0.2) is 0 Å². The SMILES string of the molecule is CC1=NC(C(C)C2CCC3C4CC=C5CC(OC6OC(C)C(O)C(O)C6O)CCC5(C)C4CCC23C)CC1. The summed E-state index contributed by atoms with van der Waals surface area (Å²) >= 11 is 0. The third-order valence-corrected chi connectivity index (χ3v) is 12.7. The maximum absolute atomic E-state index is 10.5. The number of ether oxygens (including phenoxy) is 2. The topological polar surface area (TPSA) is 91.5 Å². The number of hydrogen-bond donors (Lipinski definition) is 3. The van der Waals surface area contributed by atoms with Crippen molar-refractivity contribution in [1.82, 2.24) is 0 Å². The van der Waals surface area contributed by atoms with E-state index in [-0.39, 0.29) is 11.5 Å². The molecule has 0 amide bonds. The van der Waals surface area contributed by atoms with Gasteiger partial charge in [0.1, 0.15) is 18.3 Å². The molecule has 1 saturated heterocycles. The molecule has 4 aliphatic carbocycles. The summed E-state index contributed by atoms with van der Waals surface area (Å²) in [5.74, 6) is 3.84. The number of allylic oxidation sites excluding steroid dienone is 1. The second-order valence-electron chi connectivity index (χ2n) is 14.5. The van der Waals surface area contributed by atoms with Crippen LogP contribution in [0, 0.1) is 40.4 Å². The Bertz CT molecular complexity index is 965. The van der Waals surface area contributed by atoms with Crippen LogP contribution < -0.4 is 0 Å². The predicted molar refractivity (Wildman–Crippen MR) is 148 cm³/mol. The minimum Gasteiger partial charge on any atom is -0.388 e. The smallest absolute Gasteiger partial charge is 0.186 e. The highest BCUT2D eigenvalue weighted by molar-refractivity contribution is 5.83. The third kappa shape index (κ3) is 4.27. The maximum atomic E-state index is 10.5. The van der Waals surface area contributed by atoms with Crippen LogP contribution in [0.1, 0.15) is 98.8 Å². The van der Waals surface area contributed by atoms with Crippen LogP contribution >= 0.6 is 0 Å². The van der Waals surface area contributed by atoms with Gasteiger partial charge in [0, 0.05) is 5.71 Å². The molecule has 3 saturated carbocycles. The third-order valence-electron chi connectivity index (χ3n) is 12.7. The van der Waals surface area contributed by atoms with Crippen LogP contribution in [0.25, 0.3) is 0 Å². The lowest BCUT2D eigenvalue weighted by atomic mass is 9.47. The Morgan fingerprint density at radius 1 is 1.00 bits per heavy atom. The molecule has 6 heteroatoms. The van der Waals surface area contributed by atoms with E-state index in [9.17, 15) is 15.3 Å². The lowest BCUT2D eigenvalue weighted by Crippen LogP contribution is -2.58. The summed E-state index contributed by atoms with van der Waals surface area (Å²) in [4.78, 5) is 5.06. The Hall–Kier alpha value is -0.790. The van der Waals surface area contributed by atoms with Crippen molar-refractivity contribution < 1.29 is 24.8 Å². The van der Waals surface area contributed by atoms with Crippen molar-refractivity contribution in [3.63, 3.8) is 0 Å². The highest BCUT2D eigenvalue weighted by atomic mass is 16.7. The van der Waals surface area contributed by atoms with Crippen LogP contribution in [-0.2, 0) is 9.47 Å². The van der Waals surface area contributed by atoms with Crippen molar-refractivity contribution in [2.75, 3.05) is 0 Å². The first kappa shape index (κ1) is 27.4. The van der Waals surface area contributed by atoms with Crippen LogP contribution in [0.4, 0.5) is 0 Å². The second kappa shape index (κ2) is 9.94. The summed E-state index contributed by atoms with van der Waals surface area (Å²) in [6, 6.07) is 0.540. The van der Waals surface area contributed by atoms with E-state index in [2.05, 4.69) is 33.8 Å². The fourth-order valence-electron chi connectivity index (χ4n) is 10.4. The zero-order chi connectivity index (χ0) is 27.0. The Kier molecular flexibility index (Phi) is 7.16. The zero-order valence-electron chi connectivity index (χ0n) is 24.2. The molecule has 38 heavy (non-hydrogen) atoms. The van der Waals surface area contributed by atoms with Crippen LogP contribution in [-0.4, -0.2) is 63.9 Å². The van der Waals surface area contributed by atoms with Crippen molar-refractivity contribution >= 4 is 5.71 Å². The van der Waals surface area contributed by atoms with E-state index in [1.807, 2.05) is 0 Å². The van der Waals surface area contributed by atoms with E-state index in [0.29, 0.717) is 17.4 Å². The Morgan fingerprint density at radius 2 is 1.79 bits per heavy atom. The molecule has 0 bridgehead atoms. The number of nitrogens with zero attached hydrogens (tertiary/aromatic N) is 1. The maximum Gasteiger partial charge on any atom is 0.186 e. The first-order chi connectivity index (χ1) is 18.0. The van der Waals surface area contributed by atoms with Crippen LogP contribution in [0.2, 0.25) is 0 Å². The summed E-state index contributed by atoms with van der Waals surface area (Å²) in [7, 11) is 0. The molecule has 2 heterocycles. The van der Waals surface area contributed by atoms with Crippen molar-refractivity contribution in [2.45, 2.75) is 142 Å². The van der Waals surface area contributed by atoms with E-state index < -0.39 is 30.7 Å². The van der Waals surface area contributed by atoms with Gasteiger partial charge in [-0.2, -0.15) is 0 Å². The minimum atomic E-state index is -1.24. The first-order valence-electron chi connectivity index (χ1n) is 15.6. The quantitative estimate of drug-likeness (QED) is 0.444. The second-order valence-corrected chi connectivity index (χ2v) is 14.5. The molecule has 2 aliphatic heterocycles. The number of fused-ring (bicyclic) bond motifs is 5. The molecule has 0 spiro atoms. The van der Waals surface area contributed by atoms with Gasteiger partial charge in [0.15, 0.2) is 6.29 Å². The van der Waals surface area contributed by atoms with Crippen molar-refractivity contribution in [3.05, 3.63) is 11.6 Å². The molecule has 6 rings (SSSR count). The van der Waals surface area contributed by atoms with E-state index >= 15 is 0 Å². The van der Waals surface area contributed by atoms with Gasteiger partial charge < -0.3 is 24.8 Å². The molecule has 4 fully saturated rings. The van der Waals surface area contributed by atoms with Crippen LogP contribution in [0.3, 0.4) is 0 Å². The average Bonchev–Trinajstić information content (AvgIpc) is 3.48. The highest BCUT2D eigenvalue weighted by Gasteiger charge is 2.60. The summed E-state index contributed by atoms with van der Waals surface area (Å²) in [5, 5.41) is 30.7. The normalized spacial score (nSPS) is 53.4. The number of rotatable bonds is 4. The fourth-order valence-corrected chi connectivity index (χ4v) is 10.4. The molecule has 3 N–H and O–H groups in total. The van der Waals surface area contributed by atoms with E-state index in [4.69, 9.17) is 14.5 Å². The minimum absolute atomic E-state index is 0.0267. The van der Waals surface area contributed by atoms with Crippen LogP contribution in [0.15, 0.2) is 16.6 Å².